The third kappa shape index (κ3) is 2.05. The number of fused-ring (bicyclic) bond motifs is 2. The average molecular weight is 305 g/mol. The molecule has 0 bridgehead atoms. The second-order valence-electron chi connectivity index (χ2n) is 5.88. The van der Waals surface area contributed by atoms with Crippen LogP contribution >= 0.6 is 0 Å². The topological polar surface area (TPSA) is 38.1 Å². The molecule has 0 atom stereocenters. The van der Waals surface area contributed by atoms with Crippen LogP contribution in [0.3, 0.4) is 0 Å². The summed E-state index contributed by atoms with van der Waals surface area (Å²) in [5.41, 5.74) is 5.17. The SMILES string of the molecule is CCN(CC)C(=O)c1cnc2c(c1)-c1cccc3ccn(c13)C2. The molecular formula is C19H19N3O. The summed E-state index contributed by atoms with van der Waals surface area (Å²) >= 11 is 0. The first-order chi connectivity index (χ1) is 11.2. The number of hydrogen-bond donors (Lipinski definition) is 0. The van der Waals surface area contributed by atoms with Crippen LogP contribution in [-0.4, -0.2) is 33.4 Å². The van der Waals surface area contributed by atoms with Gasteiger partial charge in [0, 0.05) is 42.0 Å². The van der Waals surface area contributed by atoms with Crippen molar-refractivity contribution >= 4 is 16.8 Å². The monoisotopic (exact) mass is 305 g/mol. The maximum Gasteiger partial charge on any atom is 0.255 e. The van der Waals surface area contributed by atoms with Crippen LogP contribution in [-0.2, 0) is 6.54 Å². The fourth-order valence-electron chi connectivity index (χ4n) is 3.43. The highest BCUT2D eigenvalue weighted by atomic mass is 16.2. The Kier molecular flexibility index (Phi) is 3.18. The Hall–Kier alpha value is -2.62. The molecule has 3 aromatic rings. The maximum atomic E-state index is 12.6. The summed E-state index contributed by atoms with van der Waals surface area (Å²) in [6.07, 6.45) is 3.82. The van der Waals surface area contributed by atoms with Crippen LogP contribution < -0.4 is 0 Å². The van der Waals surface area contributed by atoms with Gasteiger partial charge in [0.15, 0.2) is 0 Å². The first kappa shape index (κ1) is 14.0. The van der Waals surface area contributed by atoms with E-state index in [-0.39, 0.29) is 5.91 Å². The Balaban J connectivity index is 1.87. The molecule has 4 heteroatoms. The zero-order valence-electron chi connectivity index (χ0n) is 13.4. The van der Waals surface area contributed by atoms with E-state index >= 15 is 0 Å². The lowest BCUT2D eigenvalue weighted by Gasteiger charge is -2.22. The smallest absolute Gasteiger partial charge is 0.255 e. The summed E-state index contributed by atoms with van der Waals surface area (Å²) in [6, 6.07) is 10.4. The van der Waals surface area contributed by atoms with Gasteiger partial charge in [-0.25, -0.2) is 0 Å². The van der Waals surface area contributed by atoms with Crippen molar-refractivity contribution in [2.24, 2.45) is 0 Å². The molecule has 1 aromatic carbocycles. The highest BCUT2D eigenvalue weighted by Crippen LogP contribution is 2.36. The second kappa shape index (κ2) is 5.23. The fraction of sp³-hybridized carbons (Fsp3) is 0.263. The summed E-state index contributed by atoms with van der Waals surface area (Å²) in [6.45, 7) is 6.19. The molecule has 0 fully saturated rings. The standard InChI is InChI=1S/C19H19N3O/c1-3-21(4-2)19(23)14-10-16-15-7-5-6-13-8-9-22(18(13)15)12-17(16)20-11-14/h5-11H,3-4,12H2,1-2H3. The van der Waals surface area contributed by atoms with Crippen LogP contribution in [0.5, 0.6) is 0 Å². The van der Waals surface area contributed by atoms with Crippen LogP contribution in [0.2, 0.25) is 0 Å². The van der Waals surface area contributed by atoms with E-state index in [1.54, 1.807) is 6.20 Å². The van der Waals surface area contributed by atoms with Crippen LogP contribution in [0.4, 0.5) is 0 Å². The van der Waals surface area contributed by atoms with Crippen LogP contribution in [0.1, 0.15) is 29.9 Å². The number of para-hydroxylation sites is 1. The fourth-order valence-corrected chi connectivity index (χ4v) is 3.43. The number of carbonyl (C=O) groups excluding carboxylic acids is 1. The third-order valence-electron chi connectivity index (χ3n) is 4.67. The van der Waals surface area contributed by atoms with Gasteiger partial charge in [0.05, 0.1) is 23.3 Å². The van der Waals surface area contributed by atoms with Crippen LogP contribution in [0.15, 0.2) is 42.7 Å². The van der Waals surface area contributed by atoms with Crippen LogP contribution in [0.25, 0.3) is 22.0 Å². The van der Waals surface area contributed by atoms with Gasteiger partial charge in [-0.2, -0.15) is 0 Å². The van der Waals surface area contributed by atoms with Gasteiger partial charge >= 0.3 is 0 Å². The van der Waals surface area contributed by atoms with E-state index in [0.29, 0.717) is 18.7 Å². The quantitative estimate of drug-likeness (QED) is 0.580. The van der Waals surface area contributed by atoms with Crippen molar-refractivity contribution in [3.05, 3.63) is 54.0 Å². The van der Waals surface area contributed by atoms with Gasteiger partial charge in [0.1, 0.15) is 0 Å². The van der Waals surface area contributed by atoms with E-state index in [0.717, 1.165) is 23.4 Å². The minimum Gasteiger partial charge on any atom is -0.341 e. The molecule has 3 heterocycles. The van der Waals surface area contributed by atoms with Gasteiger partial charge in [-0.1, -0.05) is 18.2 Å². The summed E-state index contributed by atoms with van der Waals surface area (Å²) in [7, 11) is 0. The summed E-state index contributed by atoms with van der Waals surface area (Å²) in [4.78, 5) is 19.0. The number of hydrogen-bond acceptors (Lipinski definition) is 2. The molecule has 0 unspecified atom stereocenters. The molecule has 0 saturated heterocycles. The number of rotatable bonds is 3. The average Bonchev–Trinajstić information content (AvgIpc) is 3.00. The number of pyridine rings is 1. The normalized spacial score (nSPS) is 12.3. The predicted molar refractivity (Wildman–Crippen MR) is 91.5 cm³/mol. The van der Waals surface area contributed by atoms with E-state index in [2.05, 4.69) is 40.0 Å². The predicted octanol–water partition coefficient (Wildman–Crippen LogP) is 3.55. The van der Waals surface area contributed by atoms with Crippen molar-refractivity contribution < 1.29 is 4.79 Å². The Bertz CT molecular complexity index is 906. The van der Waals surface area contributed by atoms with E-state index in [1.165, 1.54) is 10.9 Å². The second-order valence-corrected chi connectivity index (χ2v) is 5.88. The van der Waals surface area contributed by atoms with Crippen LogP contribution in [0, 0.1) is 0 Å². The summed E-state index contributed by atoms with van der Waals surface area (Å²) < 4.78 is 2.23. The Morgan fingerprint density at radius 1 is 1.22 bits per heavy atom. The van der Waals surface area contributed by atoms with E-state index in [1.807, 2.05) is 24.8 Å². The lowest BCUT2D eigenvalue weighted by atomic mass is 9.97. The van der Waals surface area contributed by atoms with Crippen molar-refractivity contribution in [1.82, 2.24) is 14.5 Å². The minimum atomic E-state index is 0.0541. The van der Waals surface area contributed by atoms with Gasteiger partial charge in [-0.15, -0.1) is 0 Å². The van der Waals surface area contributed by atoms with Crippen molar-refractivity contribution in [2.75, 3.05) is 13.1 Å². The summed E-state index contributed by atoms with van der Waals surface area (Å²) in [5.74, 6) is 0.0541. The molecule has 4 rings (SSSR count). The largest absolute Gasteiger partial charge is 0.341 e. The van der Waals surface area contributed by atoms with Crippen molar-refractivity contribution in [1.29, 1.82) is 0 Å². The highest BCUT2D eigenvalue weighted by Gasteiger charge is 2.21. The molecule has 0 spiro atoms. The molecule has 1 aliphatic heterocycles. The van der Waals surface area contributed by atoms with Gasteiger partial charge in [-0.05, 0) is 26.0 Å². The number of carbonyl (C=O) groups is 1. The van der Waals surface area contributed by atoms with Gasteiger partial charge in [0.25, 0.3) is 5.91 Å². The molecule has 0 N–H and O–H groups in total. The lowest BCUT2D eigenvalue weighted by molar-refractivity contribution is 0.0772. The van der Waals surface area contributed by atoms with E-state index in [9.17, 15) is 4.79 Å². The number of amides is 1. The number of nitrogens with zero attached hydrogens (tertiary/aromatic N) is 3. The molecule has 1 amide bonds. The van der Waals surface area contributed by atoms with Gasteiger partial charge in [0.2, 0.25) is 0 Å². The lowest BCUT2D eigenvalue weighted by Crippen LogP contribution is -2.30. The zero-order valence-corrected chi connectivity index (χ0v) is 13.4. The molecule has 2 aromatic heterocycles. The molecule has 116 valence electrons. The first-order valence-electron chi connectivity index (χ1n) is 8.09. The Morgan fingerprint density at radius 3 is 2.83 bits per heavy atom. The Labute approximate surface area is 135 Å². The van der Waals surface area contributed by atoms with E-state index < -0.39 is 0 Å². The minimum absolute atomic E-state index is 0.0541. The first-order valence-corrected chi connectivity index (χ1v) is 8.09. The molecule has 1 aliphatic rings. The molecular weight excluding hydrogens is 286 g/mol. The molecule has 0 radical (unpaired) electrons. The number of benzene rings is 1. The molecule has 0 aliphatic carbocycles. The molecule has 23 heavy (non-hydrogen) atoms. The van der Waals surface area contributed by atoms with E-state index in [4.69, 9.17) is 0 Å². The van der Waals surface area contributed by atoms with Crippen molar-refractivity contribution in [2.45, 2.75) is 20.4 Å². The summed E-state index contributed by atoms with van der Waals surface area (Å²) in [5, 5.41) is 1.23. The molecule has 4 nitrogen and oxygen atoms in total. The third-order valence-corrected chi connectivity index (χ3v) is 4.67. The van der Waals surface area contributed by atoms with Crippen molar-refractivity contribution in [3.8, 4) is 11.1 Å². The van der Waals surface area contributed by atoms with Gasteiger partial charge in [-0.3, -0.25) is 9.78 Å². The zero-order chi connectivity index (χ0) is 16.0. The maximum absolute atomic E-state index is 12.6. The highest BCUT2D eigenvalue weighted by molar-refractivity contribution is 6.00. The Morgan fingerprint density at radius 2 is 2.04 bits per heavy atom. The van der Waals surface area contributed by atoms with Gasteiger partial charge < -0.3 is 9.47 Å². The number of aromatic nitrogens is 2. The van der Waals surface area contributed by atoms with Crippen molar-refractivity contribution in [3.63, 3.8) is 0 Å². The molecule has 0 saturated carbocycles.